The predicted molar refractivity (Wildman–Crippen MR) is 98.1 cm³/mol. The quantitative estimate of drug-likeness (QED) is 0.878. The standard InChI is InChI=1S/C20H18ClFN2O/c1-19(2)14-6-3-4-9-17(14)24-12-18(25)23-20(19,24)11-10-13-15(21)7-5-8-16(13)22/h3-11H,12H2,1-2H3,(H,23,25)/b11-10+/t20-/m0/s1. The van der Waals surface area contributed by atoms with Crippen molar-refractivity contribution in [2.45, 2.75) is 24.9 Å². The predicted octanol–water partition coefficient (Wildman–Crippen LogP) is 4.12. The molecule has 1 amide bonds. The Morgan fingerprint density at radius 2 is 1.96 bits per heavy atom. The monoisotopic (exact) mass is 356 g/mol. The first-order chi connectivity index (χ1) is 11.9. The van der Waals surface area contributed by atoms with Crippen LogP contribution in [-0.4, -0.2) is 18.1 Å². The van der Waals surface area contributed by atoms with E-state index in [1.807, 2.05) is 24.3 Å². The summed E-state index contributed by atoms with van der Waals surface area (Å²) in [5.74, 6) is -0.434. The van der Waals surface area contributed by atoms with Crippen LogP contribution < -0.4 is 10.2 Å². The van der Waals surface area contributed by atoms with Gasteiger partial charge in [-0.05, 0) is 29.8 Å². The van der Waals surface area contributed by atoms with E-state index in [0.717, 1.165) is 11.3 Å². The van der Waals surface area contributed by atoms with Gasteiger partial charge in [-0.15, -0.1) is 0 Å². The third-order valence-electron chi connectivity index (χ3n) is 5.37. The maximum atomic E-state index is 14.2. The molecule has 0 bridgehead atoms. The summed E-state index contributed by atoms with van der Waals surface area (Å²) in [6, 6.07) is 12.7. The van der Waals surface area contributed by atoms with Crippen molar-refractivity contribution in [3.05, 3.63) is 70.5 Å². The fraction of sp³-hybridized carbons (Fsp3) is 0.250. The number of nitrogens with zero attached hydrogens (tertiary/aromatic N) is 1. The van der Waals surface area contributed by atoms with Crippen molar-refractivity contribution < 1.29 is 9.18 Å². The Morgan fingerprint density at radius 1 is 1.20 bits per heavy atom. The second kappa shape index (κ2) is 5.33. The molecule has 5 heteroatoms. The van der Waals surface area contributed by atoms with Gasteiger partial charge >= 0.3 is 0 Å². The lowest BCUT2D eigenvalue weighted by atomic mass is 9.75. The van der Waals surface area contributed by atoms with Crippen LogP contribution in [0.4, 0.5) is 10.1 Å². The van der Waals surface area contributed by atoms with E-state index >= 15 is 0 Å². The van der Waals surface area contributed by atoms with Crippen LogP contribution in [0.2, 0.25) is 5.02 Å². The van der Waals surface area contributed by atoms with Gasteiger partial charge in [-0.2, -0.15) is 0 Å². The van der Waals surface area contributed by atoms with E-state index in [9.17, 15) is 9.18 Å². The van der Waals surface area contributed by atoms with Gasteiger partial charge in [0.2, 0.25) is 5.91 Å². The Hall–Kier alpha value is -2.33. The highest BCUT2D eigenvalue weighted by molar-refractivity contribution is 6.32. The number of anilines is 1. The number of nitrogens with one attached hydrogen (secondary N) is 1. The molecule has 0 aliphatic carbocycles. The molecule has 1 saturated heterocycles. The minimum atomic E-state index is -0.751. The third-order valence-corrected chi connectivity index (χ3v) is 5.70. The second-order valence-electron chi connectivity index (χ2n) is 7.01. The van der Waals surface area contributed by atoms with Crippen LogP contribution in [0.15, 0.2) is 48.5 Å². The summed E-state index contributed by atoms with van der Waals surface area (Å²) in [5.41, 5.74) is 1.37. The molecular formula is C20H18ClFN2O. The molecule has 2 aromatic carbocycles. The van der Waals surface area contributed by atoms with Gasteiger partial charge in [-0.3, -0.25) is 4.79 Å². The summed E-state index contributed by atoms with van der Waals surface area (Å²) in [6.45, 7) is 4.45. The molecule has 25 heavy (non-hydrogen) atoms. The minimum absolute atomic E-state index is 0.0492. The van der Waals surface area contributed by atoms with Gasteiger partial charge in [0, 0.05) is 16.7 Å². The highest BCUT2D eigenvalue weighted by Crippen LogP contribution is 2.52. The first kappa shape index (κ1) is 16.2. The molecule has 2 heterocycles. The molecule has 4 rings (SSSR count). The van der Waals surface area contributed by atoms with E-state index in [-0.39, 0.29) is 23.7 Å². The zero-order valence-corrected chi connectivity index (χ0v) is 14.8. The highest BCUT2D eigenvalue weighted by Gasteiger charge is 2.59. The Labute approximate surface area is 151 Å². The van der Waals surface area contributed by atoms with Crippen molar-refractivity contribution in [3.63, 3.8) is 0 Å². The highest BCUT2D eigenvalue weighted by atomic mass is 35.5. The number of halogens is 2. The molecule has 3 nitrogen and oxygen atoms in total. The summed E-state index contributed by atoms with van der Waals surface area (Å²) in [5, 5.41) is 3.45. The smallest absolute Gasteiger partial charge is 0.241 e. The lowest BCUT2D eigenvalue weighted by Crippen LogP contribution is -2.58. The molecule has 0 aromatic heterocycles. The maximum absolute atomic E-state index is 14.2. The van der Waals surface area contributed by atoms with Crippen molar-refractivity contribution in [2.24, 2.45) is 0 Å². The number of hydrogen-bond acceptors (Lipinski definition) is 2. The molecule has 0 radical (unpaired) electrons. The average Bonchev–Trinajstić information content (AvgIpc) is 2.99. The normalized spacial score (nSPS) is 23.7. The zero-order valence-electron chi connectivity index (χ0n) is 14.0. The van der Waals surface area contributed by atoms with E-state index < -0.39 is 5.66 Å². The largest absolute Gasteiger partial charge is 0.335 e. The molecule has 2 aromatic rings. The summed E-state index contributed by atoms with van der Waals surface area (Å²) in [7, 11) is 0. The van der Waals surface area contributed by atoms with E-state index in [2.05, 4.69) is 30.1 Å². The van der Waals surface area contributed by atoms with Gasteiger partial charge < -0.3 is 10.2 Å². The van der Waals surface area contributed by atoms with Gasteiger partial charge in [0.15, 0.2) is 0 Å². The first-order valence-electron chi connectivity index (χ1n) is 8.18. The number of benzene rings is 2. The molecular weight excluding hydrogens is 339 g/mol. The lowest BCUT2D eigenvalue weighted by Gasteiger charge is -2.40. The molecule has 1 N–H and O–H groups in total. The molecule has 1 fully saturated rings. The number of fused-ring (bicyclic) bond motifs is 3. The fourth-order valence-corrected chi connectivity index (χ4v) is 4.24. The number of carbonyl (C=O) groups excluding carboxylic acids is 1. The number of carbonyl (C=O) groups is 1. The Bertz CT molecular complexity index is 888. The van der Waals surface area contributed by atoms with Crippen molar-refractivity contribution in [2.75, 3.05) is 11.4 Å². The molecule has 2 aliphatic heterocycles. The molecule has 1 atom stereocenters. The number of rotatable bonds is 2. The SMILES string of the molecule is CC1(C)c2ccccc2N2CC(=O)N[C@@]21/C=C/c1c(F)cccc1Cl. The van der Waals surface area contributed by atoms with Crippen molar-refractivity contribution >= 4 is 29.3 Å². The van der Waals surface area contributed by atoms with Gasteiger partial charge in [0.05, 0.1) is 11.6 Å². The summed E-state index contributed by atoms with van der Waals surface area (Å²) in [4.78, 5) is 14.3. The van der Waals surface area contributed by atoms with Crippen LogP contribution in [0.3, 0.4) is 0 Å². The zero-order chi connectivity index (χ0) is 17.8. The van der Waals surface area contributed by atoms with Crippen molar-refractivity contribution in [1.82, 2.24) is 5.32 Å². The number of hydrogen-bond donors (Lipinski definition) is 1. The van der Waals surface area contributed by atoms with Crippen LogP contribution in [0.1, 0.15) is 25.0 Å². The summed E-state index contributed by atoms with van der Waals surface area (Å²) >= 11 is 6.15. The van der Waals surface area contributed by atoms with Gasteiger partial charge in [-0.1, -0.05) is 55.8 Å². The molecule has 0 spiro atoms. The Kier molecular flexibility index (Phi) is 3.45. The van der Waals surface area contributed by atoms with E-state index in [0.29, 0.717) is 10.6 Å². The second-order valence-corrected chi connectivity index (χ2v) is 7.42. The molecule has 0 unspecified atom stereocenters. The van der Waals surface area contributed by atoms with E-state index in [1.54, 1.807) is 18.2 Å². The van der Waals surface area contributed by atoms with Crippen molar-refractivity contribution in [3.8, 4) is 0 Å². The van der Waals surface area contributed by atoms with Crippen LogP contribution in [-0.2, 0) is 10.2 Å². The Morgan fingerprint density at radius 3 is 2.72 bits per heavy atom. The van der Waals surface area contributed by atoms with Crippen LogP contribution in [0.5, 0.6) is 0 Å². The molecule has 0 saturated carbocycles. The minimum Gasteiger partial charge on any atom is -0.335 e. The lowest BCUT2D eigenvalue weighted by molar-refractivity contribution is -0.118. The molecule has 2 aliphatic rings. The number of para-hydroxylation sites is 1. The fourth-order valence-electron chi connectivity index (χ4n) is 4.01. The van der Waals surface area contributed by atoms with E-state index in [1.165, 1.54) is 6.07 Å². The number of amides is 1. The summed E-state index contributed by atoms with van der Waals surface area (Å²) in [6.07, 6.45) is 3.53. The van der Waals surface area contributed by atoms with Crippen LogP contribution in [0.25, 0.3) is 6.08 Å². The van der Waals surface area contributed by atoms with E-state index in [4.69, 9.17) is 11.6 Å². The average molecular weight is 357 g/mol. The molecule has 128 valence electrons. The van der Waals surface area contributed by atoms with Crippen molar-refractivity contribution in [1.29, 1.82) is 0 Å². The summed E-state index contributed by atoms with van der Waals surface area (Å²) < 4.78 is 14.2. The Balaban J connectivity index is 1.87. The van der Waals surface area contributed by atoms with Crippen LogP contribution in [0, 0.1) is 5.82 Å². The van der Waals surface area contributed by atoms with Gasteiger partial charge in [-0.25, -0.2) is 4.39 Å². The maximum Gasteiger partial charge on any atom is 0.241 e. The van der Waals surface area contributed by atoms with Gasteiger partial charge in [0.25, 0.3) is 0 Å². The van der Waals surface area contributed by atoms with Gasteiger partial charge in [0.1, 0.15) is 11.5 Å². The third kappa shape index (κ3) is 2.13. The topological polar surface area (TPSA) is 32.3 Å². The first-order valence-corrected chi connectivity index (χ1v) is 8.56. The van der Waals surface area contributed by atoms with Crippen LogP contribution >= 0.6 is 11.6 Å².